The predicted molar refractivity (Wildman–Crippen MR) is 126 cm³/mol. The topological polar surface area (TPSA) is 98.0 Å². The summed E-state index contributed by atoms with van der Waals surface area (Å²) in [6.45, 7) is 1.37. The molecule has 1 saturated carbocycles. The van der Waals surface area contributed by atoms with E-state index in [2.05, 4.69) is 10.1 Å². The van der Waals surface area contributed by atoms with Crippen molar-refractivity contribution in [2.75, 3.05) is 26.7 Å². The van der Waals surface area contributed by atoms with Crippen LogP contribution in [0.2, 0.25) is 0 Å². The van der Waals surface area contributed by atoms with E-state index in [4.69, 9.17) is 14.0 Å². The molecule has 2 fully saturated rings. The summed E-state index contributed by atoms with van der Waals surface area (Å²) in [5, 5.41) is 3.98. The van der Waals surface area contributed by atoms with Crippen molar-refractivity contribution >= 4 is 11.8 Å². The van der Waals surface area contributed by atoms with Gasteiger partial charge in [-0.3, -0.25) is 14.6 Å². The molecule has 35 heavy (non-hydrogen) atoms. The quantitative estimate of drug-likeness (QED) is 0.493. The highest BCUT2D eigenvalue weighted by molar-refractivity contribution is 5.95. The molecule has 1 aromatic carbocycles. The fourth-order valence-corrected chi connectivity index (χ4v) is 4.15. The van der Waals surface area contributed by atoms with E-state index < -0.39 is 0 Å². The minimum atomic E-state index is -0.369. The van der Waals surface area contributed by atoms with Crippen LogP contribution in [0.4, 0.5) is 0 Å². The molecule has 182 valence electrons. The molecule has 9 nitrogen and oxygen atoms in total. The Morgan fingerprint density at radius 2 is 1.86 bits per heavy atom. The summed E-state index contributed by atoms with van der Waals surface area (Å²) in [5.41, 5.74) is 2.18. The van der Waals surface area contributed by atoms with E-state index >= 15 is 0 Å². The first kappa shape index (κ1) is 23.0. The van der Waals surface area contributed by atoms with E-state index in [1.54, 1.807) is 30.5 Å². The van der Waals surface area contributed by atoms with Gasteiger partial charge in [-0.05, 0) is 48.2 Å². The maximum atomic E-state index is 13.3. The minimum absolute atomic E-state index is 0.0459. The number of hydrogen-bond donors (Lipinski definition) is 0. The smallest absolute Gasteiger partial charge is 0.276 e. The van der Waals surface area contributed by atoms with Crippen molar-refractivity contribution in [3.05, 3.63) is 77.4 Å². The third kappa shape index (κ3) is 5.68. The van der Waals surface area contributed by atoms with Gasteiger partial charge in [-0.25, -0.2) is 0 Å². The van der Waals surface area contributed by atoms with Crippen molar-refractivity contribution in [2.24, 2.45) is 0 Å². The van der Waals surface area contributed by atoms with Gasteiger partial charge in [0.05, 0.1) is 19.8 Å². The summed E-state index contributed by atoms with van der Waals surface area (Å²) >= 11 is 0. The van der Waals surface area contributed by atoms with Gasteiger partial charge in [-0.15, -0.1) is 0 Å². The van der Waals surface area contributed by atoms with E-state index in [1.807, 2.05) is 36.4 Å². The largest absolute Gasteiger partial charge is 0.497 e. The van der Waals surface area contributed by atoms with Gasteiger partial charge in [-0.1, -0.05) is 17.3 Å². The highest BCUT2D eigenvalue weighted by atomic mass is 16.5. The molecule has 1 aliphatic heterocycles. The van der Waals surface area contributed by atoms with Crippen LogP contribution >= 0.6 is 0 Å². The number of pyridine rings is 1. The van der Waals surface area contributed by atoms with Crippen molar-refractivity contribution < 1.29 is 23.6 Å². The highest BCUT2D eigenvalue weighted by Crippen LogP contribution is 2.40. The predicted octanol–water partition coefficient (Wildman–Crippen LogP) is 3.03. The molecule has 0 unspecified atom stereocenters. The van der Waals surface area contributed by atoms with Crippen molar-refractivity contribution in [2.45, 2.75) is 38.0 Å². The van der Waals surface area contributed by atoms with Crippen LogP contribution in [0.15, 0.2) is 59.4 Å². The maximum Gasteiger partial charge on any atom is 0.276 e. The molecule has 0 bridgehead atoms. The first-order valence-corrected chi connectivity index (χ1v) is 11.8. The van der Waals surface area contributed by atoms with E-state index in [9.17, 15) is 9.59 Å². The Morgan fingerprint density at radius 3 is 2.57 bits per heavy atom. The maximum absolute atomic E-state index is 13.3. The molecule has 9 heteroatoms. The molecule has 1 aliphatic carbocycles. The van der Waals surface area contributed by atoms with Crippen molar-refractivity contribution in [1.82, 2.24) is 19.9 Å². The lowest BCUT2D eigenvalue weighted by Gasteiger charge is -2.25. The SMILES string of the molecule is COc1ccc(CN2C[C@@H](OCc3ccncc3)CN(C(=O)c3cc(C4CC4)on3)CC2=O)cc1. The second-order valence-electron chi connectivity index (χ2n) is 8.99. The molecule has 0 radical (unpaired) electrons. The Morgan fingerprint density at radius 1 is 1.09 bits per heavy atom. The summed E-state index contributed by atoms with van der Waals surface area (Å²) < 4.78 is 16.8. The monoisotopic (exact) mass is 476 g/mol. The molecule has 2 amide bonds. The molecule has 3 heterocycles. The number of benzene rings is 1. The number of carbonyl (C=O) groups is 2. The third-order valence-corrected chi connectivity index (χ3v) is 6.31. The number of carbonyl (C=O) groups excluding carboxylic acids is 2. The Bertz CT molecular complexity index is 1160. The number of amides is 2. The van der Waals surface area contributed by atoms with Gasteiger partial charge in [-0.2, -0.15) is 0 Å². The third-order valence-electron chi connectivity index (χ3n) is 6.31. The average Bonchev–Trinajstić information content (AvgIpc) is 3.65. The first-order valence-electron chi connectivity index (χ1n) is 11.8. The van der Waals surface area contributed by atoms with Gasteiger partial charge in [0, 0.05) is 44.0 Å². The Hall–Kier alpha value is -3.72. The Kier molecular flexibility index (Phi) is 6.76. The zero-order chi connectivity index (χ0) is 24.2. The molecule has 1 saturated heterocycles. The van der Waals surface area contributed by atoms with E-state index in [1.165, 1.54) is 4.90 Å². The number of rotatable bonds is 8. The summed E-state index contributed by atoms with van der Waals surface area (Å²) in [6.07, 6.45) is 5.16. The van der Waals surface area contributed by atoms with Crippen LogP contribution < -0.4 is 4.74 Å². The zero-order valence-electron chi connectivity index (χ0n) is 19.6. The summed E-state index contributed by atoms with van der Waals surface area (Å²) in [6, 6.07) is 13.1. The van der Waals surface area contributed by atoms with E-state index in [-0.39, 0.29) is 36.7 Å². The molecular weight excluding hydrogens is 448 g/mol. The zero-order valence-corrected chi connectivity index (χ0v) is 19.6. The van der Waals surface area contributed by atoms with Gasteiger partial charge in [0.25, 0.3) is 5.91 Å². The van der Waals surface area contributed by atoms with Gasteiger partial charge in [0.15, 0.2) is 5.69 Å². The Balaban J connectivity index is 1.33. The molecule has 0 N–H and O–H groups in total. The van der Waals surface area contributed by atoms with Crippen molar-refractivity contribution in [1.29, 1.82) is 0 Å². The van der Waals surface area contributed by atoms with Crippen LogP contribution in [0.3, 0.4) is 0 Å². The van der Waals surface area contributed by atoms with Crippen molar-refractivity contribution in [3.63, 3.8) is 0 Å². The van der Waals surface area contributed by atoms with Crippen LogP contribution in [0, 0.1) is 0 Å². The van der Waals surface area contributed by atoms with Crippen molar-refractivity contribution in [3.8, 4) is 5.75 Å². The first-order chi connectivity index (χ1) is 17.1. The lowest BCUT2D eigenvalue weighted by atomic mass is 10.2. The van der Waals surface area contributed by atoms with Gasteiger partial charge < -0.3 is 23.8 Å². The van der Waals surface area contributed by atoms with Crippen LogP contribution in [0.25, 0.3) is 0 Å². The lowest BCUT2D eigenvalue weighted by molar-refractivity contribution is -0.132. The number of ether oxygens (including phenoxy) is 2. The summed E-state index contributed by atoms with van der Waals surface area (Å²) in [5.74, 6) is 1.38. The van der Waals surface area contributed by atoms with E-state index in [0.29, 0.717) is 25.6 Å². The summed E-state index contributed by atoms with van der Waals surface area (Å²) in [7, 11) is 1.62. The lowest BCUT2D eigenvalue weighted by Crippen LogP contribution is -2.39. The molecule has 2 aromatic heterocycles. The molecule has 1 atom stereocenters. The number of nitrogens with zero attached hydrogens (tertiary/aromatic N) is 4. The van der Waals surface area contributed by atoms with E-state index in [0.717, 1.165) is 35.5 Å². The number of methoxy groups -OCH3 is 1. The van der Waals surface area contributed by atoms with Crippen LogP contribution in [0.5, 0.6) is 5.75 Å². The average molecular weight is 477 g/mol. The fraction of sp³-hybridized carbons (Fsp3) is 0.385. The summed E-state index contributed by atoms with van der Waals surface area (Å²) in [4.78, 5) is 33.8. The van der Waals surface area contributed by atoms with Crippen LogP contribution in [-0.4, -0.2) is 64.6 Å². The van der Waals surface area contributed by atoms with Gasteiger partial charge in [0.2, 0.25) is 5.91 Å². The molecule has 5 rings (SSSR count). The van der Waals surface area contributed by atoms with Crippen LogP contribution in [-0.2, 0) is 22.7 Å². The highest BCUT2D eigenvalue weighted by Gasteiger charge is 2.34. The second-order valence-corrected chi connectivity index (χ2v) is 8.99. The fourth-order valence-electron chi connectivity index (χ4n) is 4.15. The number of hydrogen-bond acceptors (Lipinski definition) is 7. The molecular formula is C26H28N4O5. The Labute approximate surface area is 203 Å². The molecule has 0 spiro atoms. The molecule has 3 aromatic rings. The second kappa shape index (κ2) is 10.3. The van der Waals surface area contributed by atoms with Gasteiger partial charge in [0.1, 0.15) is 18.1 Å². The number of aromatic nitrogens is 2. The van der Waals surface area contributed by atoms with Gasteiger partial charge >= 0.3 is 0 Å². The van der Waals surface area contributed by atoms with Crippen LogP contribution in [0.1, 0.15) is 46.1 Å². The standard InChI is InChI=1S/C26H28N4O5/c1-33-21-6-2-18(3-7-21)13-29-14-22(34-17-19-8-10-27-11-9-19)15-30(16-25(29)31)26(32)23-12-24(35-28-23)20-4-5-20/h2-3,6-12,20,22H,4-5,13-17H2,1H3/t22-/m1/s1. The normalized spacial score (nSPS) is 18.4. The molecule has 2 aliphatic rings. The minimum Gasteiger partial charge on any atom is -0.497 e.